The number of carbonyl (C=O) groups excluding carboxylic acids is 1. The fourth-order valence-electron chi connectivity index (χ4n) is 5.11. The van der Waals surface area contributed by atoms with Crippen LogP contribution in [0.25, 0.3) is 0 Å². The van der Waals surface area contributed by atoms with Gasteiger partial charge in [-0.3, -0.25) is 4.79 Å². The van der Waals surface area contributed by atoms with E-state index in [1.165, 1.54) is 0 Å². The molecule has 1 heterocycles. The quantitative estimate of drug-likeness (QED) is 0.517. The molecule has 7 heteroatoms. The lowest BCUT2D eigenvalue weighted by atomic mass is 9.63. The molecule has 1 spiro atoms. The highest BCUT2D eigenvalue weighted by Crippen LogP contribution is 2.56. The highest BCUT2D eigenvalue weighted by Gasteiger charge is 2.53. The number of hydrogen-bond acceptors (Lipinski definition) is 7. The summed E-state index contributed by atoms with van der Waals surface area (Å²) in [5, 5.41) is 39.6. The van der Waals surface area contributed by atoms with Crippen molar-refractivity contribution in [1.29, 1.82) is 0 Å². The number of allylic oxidation sites excluding steroid dienone is 2. The summed E-state index contributed by atoms with van der Waals surface area (Å²) in [6, 6.07) is 0. The SMILES string of the molecule is C=C(C)[C@@H]1CC[C@@]2(C1)C(C)=CC(=O)[C@@H](O[C@@H]1O[C@H](CO)[C@@H](O)[C@H](O)[C@H]1O)[C@H]2C. The van der Waals surface area contributed by atoms with Crippen LogP contribution in [0.4, 0.5) is 0 Å². The average Bonchev–Trinajstić information content (AvgIpc) is 3.11. The maximum atomic E-state index is 12.7. The Hall–Kier alpha value is -1.09. The van der Waals surface area contributed by atoms with E-state index >= 15 is 0 Å². The molecule has 1 saturated carbocycles. The minimum Gasteiger partial charge on any atom is -0.394 e. The van der Waals surface area contributed by atoms with E-state index in [-0.39, 0.29) is 17.1 Å². The van der Waals surface area contributed by atoms with Crippen molar-refractivity contribution in [3.63, 3.8) is 0 Å². The van der Waals surface area contributed by atoms with Gasteiger partial charge in [-0.1, -0.05) is 24.6 Å². The zero-order chi connectivity index (χ0) is 20.8. The largest absolute Gasteiger partial charge is 0.394 e. The minimum absolute atomic E-state index is 0.151. The molecule has 2 aliphatic carbocycles. The fourth-order valence-corrected chi connectivity index (χ4v) is 5.11. The summed E-state index contributed by atoms with van der Waals surface area (Å²) in [6.07, 6.45) is -3.28. The Morgan fingerprint density at radius 3 is 2.57 bits per heavy atom. The molecule has 0 radical (unpaired) electrons. The van der Waals surface area contributed by atoms with Crippen LogP contribution in [0.3, 0.4) is 0 Å². The molecule has 0 aromatic rings. The maximum Gasteiger partial charge on any atom is 0.187 e. The summed E-state index contributed by atoms with van der Waals surface area (Å²) < 4.78 is 11.3. The molecule has 0 amide bonds. The number of rotatable bonds is 4. The summed E-state index contributed by atoms with van der Waals surface area (Å²) in [4.78, 5) is 12.7. The molecule has 0 unspecified atom stereocenters. The van der Waals surface area contributed by atoms with Gasteiger partial charge >= 0.3 is 0 Å². The first-order chi connectivity index (χ1) is 13.1. The Bertz CT molecular complexity index is 657. The second kappa shape index (κ2) is 7.97. The molecule has 158 valence electrons. The van der Waals surface area contributed by atoms with Gasteiger partial charge in [0.1, 0.15) is 30.5 Å². The van der Waals surface area contributed by atoms with Gasteiger partial charge in [0.25, 0.3) is 0 Å². The summed E-state index contributed by atoms with van der Waals surface area (Å²) in [5.41, 5.74) is 2.00. The van der Waals surface area contributed by atoms with E-state index in [9.17, 15) is 25.2 Å². The predicted octanol–water partition coefficient (Wildman–Crippen LogP) is 0.699. The van der Waals surface area contributed by atoms with Crippen LogP contribution in [-0.4, -0.2) is 69.6 Å². The standard InChI is InChI=1S/C21H32O7/c1-10(2)13-5-6-21(8-13)11(3)7-14(23)19(12(21)4)28-20-18(26)17(25)16(24)15(9-22)27-20/h7,12-13,15-20,22,24-26H,1,5-6,8-9H2,2-4H3/t12-,13-,15-,16-,17+,18-,19+,20+,21-/m1/s1. The van der Waals surface area contributed by atoms with E-state index in [2.05, 4.69) is 6.58 Å². The van der Waals surface area contributed by atoms with Gasteiger partial charge in [-0.25, -0.2) is 0 Å². The van der Waals surface area contributed by atoms with Crippen molar-refractivity contribution in [2.24, 2.45) is 17.3 Å². The van der Waals surface area contributed by atoms with Gasteiger partial charge in [-0.05, 0) is 56.4 Å². The molecule has 28 heavy (non-hydrogen) atoms. The molecule has 3 rings (SSSR count). The van der Waals surface area contributed by atoms with Crippen molar-refractivity contribution in [1.82, 2.24) is 0 Å². The summed E-state index contributed by atoms with van der Waals surface area (Å²) in [6.45, 7) is 9.54. The predicted molar refractivity (Wildman–Crippen MR) is 101 cm³/mol. The van der Waals surface area contributed by atoms with Gasteiger partial charge in [0.2, 0.25) is 0 Å². The molecule has 3 aliphatic rings. The van der Waals surface area contributed by atoms with Gasteiger partial charge in [-0.15, -0.1) is 0 Å². The average molecular weight is 396 g/mol. The molecule has 0 bridgehead atoms. The number of ketones is 1. The second-order valence-corrected chi connectivity index (χ2v) is 8.71. The number of carbonyl (C=O) groups is 1. The Kier molecular flexibility index (Phi) is 6.15. The van der Waals surface area contributed by atoms with Gasteiger partial charge in [0.05, 0.1) is 6.61 Å². The third-order valence-electron chi connectivity index (χ3n) is 7.13. The normalized spacial score (nSPS) is 46.7. The van der Waals surface area contributed by atoms with Crippen LogP contribution in [0.5, 0.6) is 0 Å². The van der Waals surface area contributed by atoms with Crippen molar-refractivity contribution in [2.75, 3.05) is 6.61 Å². The number of hydrogen-bond donors (Lipinski definition) is 4. The van der Waals surface area contributed by atoms with Crippen molar-refractivity contribution >= 4 is 5.78 Å². The first kappa shape index (κ1) is 21.6. The lowest BCUT2D eigenvalue weighted by Crippen LogP contribution is -2.61. The summed E-state index contributed by atoms with van der Waals surface area (Å²) in [5.74, 6) is 0.0417. The van der Waals surface area contributed by atoms with Crippen LogP contribution in [-0.2, 0) is 14.3 Å². The van der Waals surface area contributed by atoms with Gasteiger partial charge in [0.15, 0.2) is 12.1 Å². The van der Waals surface area contributed by atoms with E-state index in [1.54, 1.807) is 6.08 Å². The fraction of sp³-hybridized carbons (Fsp3) is 0.762. The van der Waals surface area contributed by atoms with E-state index in [0.29, 0.717) is 5.92 Å². The zero-order valence-electron chi connectivity index (χ0n) is 16.7. The third kappa shape index (κ3) is 3.49. The van der Waals surface area contributed by atoms with Gasteiger partial charge in [-0.2, -0.15) is 0 Å². The zero-order valence-corrected chi connectivity index (χ0v) is 16.7. The number of ether oxygens (including phenoxy) is 2. The van der Waals surface area contributed by atoms with Crippen LogP contribution in [0, 0.1) is 17.3 Å². The Morgan fingerprint density at radius 2 is 2.00 bits per heavy atom. The highest BCUT2D eigenvalue weighted by atomic mass is 16.7. The molecule has 1 saturated heterocycles. The van der Waals surface area contributed by atoms with Crippen molar-refractivity contribution < 1.29 is 34.7 Å². The summed E-state index contributed by atoms with van der Waals surface area (Å²) in [7, 11) is 0. The molecule has 0 aromatic heterocycles. The molecule has 4 N–H and O–H groups in total. The first-order valence-electron chi connectivity index (χ1n) is 9.96. The van der Waals surface area contributed by atoms with E-state index < -0.39 is 43.4 Å². The Labute approximate surface area is 165 Å². The Morgan fingerprint density at radius 1 is 1.32 bits per heavy atom. The smallest absolute Gasteiger partial charge is 0.187 e. The van der Waals surface area contributed by atoms with Crippen LogP contribution in [0.15, 0.2) is 23.8 Å². The molecule has 9 atom stereocenters. The van der Waals surface area contributed by atoms with Crippen LogP contribution in [0.1, 0.15) is 40.0 Å². The monoisotopic (exact) mass is 396 g/mol. The molecule has 7 nitrogen and oxygen atoms in total. The molecule has 0 aromatic carbocycles. The van der Waals surface area contributed by atoms with Crippen LogP contribution < -0.4 is 0 Å². The van der Waals surface area contributed by atoms with Crippen LogP contribution in [0.2, 0.25) is 0 Å². The summed E-state index contributed by atoms with van der Waals surface area (Å²) >= 11 is 0. The minimum atomic E-state index is -1.53. The highest BCUT2D eigenvalue weighted by molar-refractivity contribution is 5.95. The topological polar surface area (TPSA) is 116 Å². The number of aliphatic hydroxyl groups is 4. The lowest BCUT2D eigenvalue weighted by Gasteiger charge is -2.46. The molecular weight excluding hydrogens is 364 g/mol. The van der Waals surface area contributed by atoms with Crippen molar-refractivity contribution in [3.05, 3.63) is 23.8 Å². The van der Waals surface area contributed by atoms with Crippen LogP contribution >= 0.6 is 0 Å². The molecular formula is C21H32O7. The number of aliphatic hydroxyl groups excluding tert-OH is 4. The van der Waals surface area contributed by atoms with E-state index in [0.717, 1.165) is 30.4 Å². The first-order valence-corrected chi connectivity index (χ1v) is 9.96. The Balaban J connectivity index is 1.82. The van der Waals surface area contributed by atoms with Gasteiger partial charge < -0.3 is 29.9 Å². The molecule has 2 fully saturated rings. The van der Waals surface area contributed by atoms with Crippen molar-refractivity contribution in [2.45, 2.75) is 76.8 Å². The molecule has 1 aliphatic heterocycles. The lowest BCUT2D eigenvalue weighted by molar-refractivity contribution is -0.313. The maximum absolute atomic E-state index is 12.7. The second-order valence-electron chi connectivity index (χ2n) is 8.71. The van der Waals surface area contributed by atoms with E-state index in [4.69, 9.17) is 9.47 Å². The third-order valence-corrected chi connectivity index (χ3v) is 7.13. The van der Waals surface area contributed by atoms with Crippen molar-refractivity contribution in [3.8, 4) is 0 Å². The van der Waals surface area contributed by atoms with Gasteiger partial charge in [0, 0.05) is 0 Å². The van der Waals surface area contributed by atoms with E-state index in [1.807, 2.05) is 20.8 Å².